The first-order valence-corrected chi connectivity index (χ1v) is 14.3. The summed E-state index contributed by atoms with van der Waals surface area (Å²) in [4.78, 5) is 7.28. The zero-order chi connectivity index (χ0) is 25.5. The van der Waals surface area contributed by atoms with Crippen LogP contribution in [0.4, 0.5) is 0 Å². The maximum Gasteiger partial charge on any atom is 0.187 e. The molecule has 3 N–H and O–H groups in total. The van der Waals surface area contributed by atoms with Crippen LogP contribution in [0.3, 0.4) is 0 Å². The third-order valence-electron chi connectivity index (χ3n) is 8.61. The number of piperidine rings is 1. The number of rotatable bonds is 10. The Hall–Kier alpha value is -2.54. The minimum Gasteiger partial charge on any atom is -0.377 e. The standard InChI is InChI=1S/C31H43N5O/c32-19-15-25-11-13-26(14-12-25)16-20-35-21-17-27(18-22-35)23-36-24-33-30(34-36)31(37,28-7-3-1-4-8-28)29-9-5-2-6-10-29/h1,3-4,7-8,11-14,24,27,29,37H,2,5-6,9-10,15-23,32H2. The summed E-state index contributed by atoms with van der Waals surface area (Å²) in [6.07, 6.45) is 11.9. The van der Waals surface area contributed by atoms with E-state index >= 15 is 0 Å². The van der Waals surface area contributed by atoms with Gasteiger partial charge in [0.25, 0.3) is 0 Å². The van der Waals surface area contributed by atoms with Gasteiger partial charge >= 0.3 is 0 Å². The van der Waals surface area contributed by atoms with Crippen LogP contribution in [0.5, 0.6) is 0 Å². The van der Waals surface area contributed by atoms with Crippen molar-refractivity contribution in [2.24, 2.45) is 17.6 Å². The number of aromatic nitrogens is 3. The lowest BCUT2D eigenvalue weighted by atomic mass is 9.73. The van der Waals surface area contributed by atoms with Crippen molar-refractivity contribution in [1.82, 2.24) is 19.7 Å². The van der Waals surface area contributed by atoms with Crippen molar-refractivity contribution in [1.29, 1.82) is 0 Å². The number of aliphatic hydroxyl groups is 1. The number of benzene rings is 2. The second-order valence-electron chi connectivity index (χ2n) is 11.1. The molecule has 1 saturated heterocycles. The molecule has 37 heavy (non-hydrogen) atoms. The molecule has 1 unspecified atom stereocenters. The van der Waals surface area contributed by atoms with Gasteiger partial charge in [0, 0.05) is 13.1 Å². The van der Waals surface area contributed by atoms with Crippen molar-refractivity contribution < 1.29 is 5.11 Å². The second kappa shape index (κ2) is 12.3. The summed E-state index contributed by atoms with van der Waals surface area (Å²) < 4.78 is 1.98. The van der Waals surface area contributed by atoms with Crippen LogP contribution >= 0.6 is 0 Å². The summed E-state index contributed by atoms with van der Waals surface area (Å²) in [7, 11) is 0. The molecule has 1 aliphatic heterocycles. The zero-order valence-electron chi connectivity index (χ0n) is 22.1. The van der Waals surface area contributed by atoms with Gasteiger partial charge in [-0.25, -0.2) is 4.98 Å². The van der Waals surface area contributed by atoms with Crippen molar-refractivity contribution in [3.05, 3.63) is 83.4 Å². The highest BCUT2D eigenvalue weighted by molar-refractivity contribution is 5.30. The number of hydrogen-bond acceptors (Lipinski definition) is 5. The van der Waals surface area contributed by atoms with Gasteiger partial charge in [-0.3, -0.25) is 4.68 Å². The van der Waals surface area contributed by atoms with Gasteiger partial charge in [-0.2, -0.15) is 5.10 Å². The molecular formula is C31H43N5O. The van der Waals surface area contributed by atoms with Gasteiger partial charge in [0.1, 0.15) is 6.33 Å². The first-order chi connectivity index (χ1) is 18.1. The molecule has 198 valence electrons. The van der Waals surface area contributed by atoms with Crippen LogP contribution < -0.4 is 5.73 Å². The predicted octanol–water partition coefficient (Wildman–Crippen LogP) is 4.55. The highest BCUT2D eigenvalue weighted by Crippen LogP contribution is 2.42. The van der Waals surface area contributed by atoms with Crippen molar-refractivity contribution in [3.63, 3.8) is 0 Å². The van der Waals surface area contributed by atoms with Gasteiger partial charge < -0.3 is 15.7 Å². The Balaban J connectivity index is 1.16. The van der Waals surface area contributed by atoms with E-state index in [4.69, 9.17) is 10.8 Å². The molecule has 2 aliphatic rings. The second-order valence-corrected chi connectivity index (χ2v) is 11.1. The fourth-order valence-electron chi connectivity index (χ4n) is 6.30. The monoisotopic (exact) mass is 501 g/mol. The molecule has 1 aliphatic carbocycles. The largest absolute Gasteiger partial charge is 0.377 e. The summed E-state index contributed by atoms with van der Waals surface area (Å²) in [6, 6.07) is 19.0. The lowest BCUT2D eigenvalue weighted by Crippen LogP contribution is -2.39. The van der Waals surface area contributed by atoms with Crippen LogP contribution in [0, 0.1) is 11.8 Å². The third-order valence-corrected chi connectivity index (χ3v) is 8.61. The van der Waals surface area contributed by atoms with Gasteiger partial charge in [-0.1, -0.05) is 73.9 Å². The van der Waals surface area contributed by atoms with E-state index in [9.17, 15) is 5.11 Å². The zero-order valence-corrected chi connectivity index (χ0v) is 22.1. The Morgan fingerprint density at radius 1 is 0.865 bits per heavy atom. The van der Waals surface area contributed by atoms with Crippen LogP contribution in [-0.4, -0.2) is 50.9 Å². The number of nitrogens with zero attached hydrogens (tertiary/aromatic N) is 4. The van der Waals surface area contributed by atoms with E-state index in [1.165, 1.54) is 43.2 Å². The smallest absolute Gasteiger partial charge is 0.187 e. The Kier molecular flexibility index (Phi) is 8.70. The van der Waals surface area contributed by atoms with Crippen LogP contribution in [0.15, 0.2) is 60.9 Å². The summed E-state index contributed by atoms with van der Waals surface area (Å²) in [5.41, 5.74) is 8.20. The molecule has 1 saturated carbocycles. The van der Waals surface area contributed by atoms with E-state index in [0.29, 0.717) is 18.3 Å². The molecule has 6 nitrogen and oxygen atoms in total. The first kappa shape index (κ1) is 26.1. The van der Waals surface area contributed by atoms with Crippen molar-refractivity contribution >= 4 is 0 Å². The molecular weight excluding hydrogens is 458 g/mol. The summed E-state index contributed by atoms with van der Waals surface area (Å²) >= 11 is 0. The molecule has 1 aromatic heterocycles. The Morgan fingerprint density at radius 2 is 1.54 bits per heavy atom. The summed E-state index contributed by atoms with van der Waals surface area (Å²) in [5.74, 6) is 1.33. The van der Waals surface area contributed by atoms with Crippen LogP contribution in [0.1, 0.15) is 67.5 Å². The molecule has 0 amide bonds. The van der Waals surface area contributed by atoms with Gasteiger partial charge in [0.15, 0.2) is 11.4 Å². The van der Waals surface area contributed by atoms with E-state index < -0.39 is 5.60 Å². The fraction of sp³-hybridized carbons (Fsp3) is 0.548. The highest BCUT2D eigenvalue weighted by Gasteiger charge is 2.43. The highest BCUT2D eigenvalue weighted by atomic mass is 16.3. The van der Waals surface area contributed by atoms with E-state index in [1.807, 2.05) is 41.3 Å². The average Bonchev–Trinajstić information content (AvgIpc) is 3.43. The van der Waals surface area contributed by atoms with Gasteiger partial charge in [-0.05, 0) is 86.7 Å². The SMILES string of the molecule is NCCc1ccc(CCN2CCC(Cn3cnc(C(O)(c4ccccc4)C4CCCCC4)n3)CC2)cc1. The maximum absolute atomic E-state index is 12.1. The van der Waals surface area contributed by atoms with E-state index in [-0.39, 0.29) is 5.92 Å². The van der Waals surface area contributed by atoms with Crippen LogP contribution in [0.2, 0.25) is 0 Å². The lowest BCUT2D eigenvalue weighted by molar-refractivity contribution is -0.00865. The van der Waals surface area contributed by atoms with Crippen LogP contribution in [0.25, 0.3) is 0 Å². The quantitative estimate of drug-likeness (QED) is 0.426. The topological polar surface area (TPSA) is 80.2 Å². The predicted molar refractivity (Wildman–Crippen MR) is 148 cm³/mol. The molecule has 6 heteroatoms. The van der Waals surface area contributed by atoms with Crippen molar-refractivity contribution in [2.45, 2.75) is 69.9 Å². The van der Waals surface area contributed by atoms with Gasteiger partial charge in [0.2, 0.25) is 0 Å². The molecule has 5 rings (SSSR count). The van der Waals surface area contributed by atoms with E-state index in [0.717, 1.165) is 57.4 Å². The molecule has 0 spiro atoms. The molecule has 2 fully saturated rings. The molecule has 1 atom stereocenters. The fourth-order valence-corrected chi connectivity index (χ4v) is 6.30. The van der Waals surface area contributed by atoms with Crippen molar-refractivity contribution in [2.75, 3.05) is 26.2 Å². The molecule has 2 aromatic carbocycles. The normalized spacial score (nSPS) is 19.6. The molecule has 2 heterocycles. The van der Waals surface area contributed by atoms with E-state index in [2.05, 4.69) is 34.1 Å². The third kappa shape index (κ3) is 6.31. The van der Waals surface area contributed by atoms with Gasteiger partial charge in [0.05, 0.1) is 0 Å². The van der Waals surface area contributed by atoms with Crippen LogP contribution in [-0.2, 0) is 25.0 Å². The van der Waals surface area contributed by atoms with Crippen molar-refractivity contribution in [3.8, 4) is 0 Å². The Bertz CT molecular complexity index is 1080. The summed E-state index contributed by atoms with van der Waals surface area (Å²) in [5, 5.41) is 17.0. The molecule has 0 radical (unpaired) electrons. The lowest BCUT2D eigenvalue weighted by Gasteiger charge is -2.37. The Labute approximate surface area is 221 Å². The molecule has 0 bridgehead atoms. The average molecular weight is 502 g/mol. The number of likely N-dealkylation sites (tertiary alicyclic amines) is 1. The minimum absolute atomic E-state index is 0.166. The molecule has 3 aromatic rings. The number of hydrogen-bond donors (Lipinski definition) is 2. The van der Waals surface area contributed by atoms with Gasteiger partial charge in [-0.15, -0.1) is 0 Å². The maximum atomic E-state index is 12.1. The summed E-state index contributed by atoms with van der Waals surface area (Å²) in [6.45, 7) is 4.96. The minimum atomic E-state index is -1.11. The van der Waals surface area contributed by atoms with E-state index in [1.54, 1.807) is 0 Å². The Morgan fingerprint density at radius 3 is 2.22 bits per heavy atom. The number of nitrogens with two attached hydrogens (primary N) is 1. The first-order valence-electron chi connectivity index (χ1n) is 14.3.